The fraction of sp³-hybridized carbons (Fsp3) is 0.200. The van der Waals surface area contributed by atoms with Gasteiger partial charge in [-0.15, -0.1) is 0 Å². The van der Waals surface area contributed by atoms with Gasteiger partial charge in [-0.05, 0) is 23.3 Å². The van der Waals surface area contributed by atoms with Crippen LogP contribution in [0, 0.1) is 0 Å². The van der Waals surface area contributed by atoms with Gasteiger partial charge in [0.05, 0.1) is 12.9 Å². The van der Waals surface area contributed by atoms with Crippen molar-refractivity contribution in [3.05, 3.63) is 36.4 Å². The molecular weight excluding hydrogens is 214 g/mol. The maximum absolute atomic E-state index is 11.0. The summed E-state index contributed by atoms with van der Waals surface area (Å²) in [6.45, 7) is 3.50. The molecule has 4 nitrogen and oxygen atoms in total. The van der Waals surface area contributed by atoms with Gasteiger partial charge in [-0.3, -0.25) is 4.72 Å². The summed E-state index contributed by atoms with van der Waals surface area (Å²) in [4.78, 5) is 0. The Kier molecular flexibility index (Phi) is 3.49. The number of nitrogens with one attached hydrogen (secondary N) is 1. The lowest BCUT2D eigenvalue weighted by molar-refractivity contribution is 0.350. The Hall–Kier alpha value is -1.33. The molecule has 0 saturated heterocycles. The van der Waals surface area contributed by atoms with Crippen LogP contribution in [0.25, 0.3) is 5.57 Å². The average Bonchev–Trinajstić information content (AvgIpc) is 2.14. The third kappa shape index (κ3) is 3.73. The van der Waals surface area contributed by atoms with Crippen molar-refractivity contribution in [2.24, 2.45) is 0 Å². The van der Waals surface area contributed by atoms with Crippen LogP contribution in [0.1, 0.15) is 5.56 Å². The smallest absolute Gasteiger partial charge is 0.229 e. The van der Waals surface area contributed by atoms with Crippen LogP contribution in [0.3, 0.4) is 0 Å². The molecule has 2 N–H and O–H groups in total. The minimum absolute atomic E-state index is 0.150. The molecule has 0 aliphatic rings. The Balaban J connectivity index is 2.98. The van der Waals surface area contributed by atoms with Crippen LogP contribution < -0.4 is 4.72 Å². The van der Waals surface area contributed by atoms with E-state index in [0.29, 0.717) is 16.8 Å². The highest BCUT2D eigenvalue weighted by Gasteiger charge is 2.03. The number of aliphatic hydroxyl groups is 1. The van der Waals surface area contributed by atoms with Crippen LogP contribution in [-0.4, -0.2) is 26.4 Å². The van der Waals surface area contributed by atoms with E-state index in [1.807, 2.05) is 0 Å². The van der Waals surface area contributed by atoms with Crippen LogP contribution in [0.4, 0.5) is 5.69 Å². The van der Waals surface area contributed by atoms with Gasteiger partial charge in [0.15, 0.2) is 0 Å². The third-order valence-electron chi connectivity index (χ3n) is 1.76. The average molecular weight is 227 g/mol. The minimum atomic E-state index is -3.27. The normalized spacial score (nSPS) is 11.1. The summed E-state index contributed by atoms with van der Waals surface area (Å²) in [6.07, 6.45) is 1.08. The molecular formula is C10H13NO3S. The van der Waals surface area contributed by atoms with Crippen molar-refractivity contribution < 1.29 is 13.5 Å². The predicted octanol–water partition coefficient (Wildman–Crippen LogP) is 1.06. The van der Waals surface area contributed by atoms with Crippen molar-refractivity contribution in [1.82, 2.24) is 0 Å². The number of hydrogen-bond donors (Lipinski definition) is 2. The summed E-state index contributed by atoms with van der Waals surface area (Å²) in [5.74, 6) is 0. The quantitative estimate of drug-likeness (QED) is 0.808. The number of aliphatic hydroxyl groups excluding tert-OH is 1. The van der Waals surface area contributed by atoms with Crippen LogP contribution in [0.5, 0.6) is 0 Å². The first-order valence-corrected chi connectivity index (χ1v) is 6.18. The molecule has 15 heavy (non-hydrogen) atoms. The zero-order valence-electron chi connectivity index (χ0n) is 8.40. The predicted molar refractivity (Wildman–Crippen MR) is 61.0 cm³/mol. The summed E-state index contributed by atoms with van der Waals surface area (Å²) >= 11 is 0. The molecule has 1 aromatic carbocycles. The maximum atomic E-state index is 11.0. The number of hydrogen-bond acceptors (Lipinski definition) is 3. The topological polar surface area (TPSA) is 66.4 Å². The molecule has 0 fully saturated rings. The Morgan fingerprint density at radius 3 is 2.73 bits per heavy atom. The molecule has 0 spiro atoms. The number of sulfonamides is 1. The lowest BCUT2D eigenvalue weighted by Crippen LogP contribution is -2.09. The third-order valence-corrected chi connectivity index (χ3v) is 2.37. The molecule has 1 aromatic rings. The minimum Gasteiger partial charge on any atom is -0.392 e. The lowest BCUT2D eigenvalue weighted by Gasteiger charge is -2.07. The van der Waals surface area contributed by atoms with Crippen molar-refractivity contribution in [3.63, 3.8) is 0 Å². The van der Waals surface area contributed by atoms with E-state index < -0.39 is 10.0 Å². The molecule has 0 heterocycles. The van der Waals surface area contributed by atoms with Gasteiger partial charge in [-0.25, -0.2) is 8.42 Å². The Labute approximate surface area is 89.3 Å². The molecule has 0 aromatic heterocycles. The van der Waals surface area contributed by atoms with Gasteiger partial charge >= 0.3 is 0 Å². The number of benzene rings is 1. The summed E-state index contributed by atoms with van der Waals surface area (Å²) in [7, 11) is -3.27. The van der Waals surface area contributed by atoms with Crippen molar-refractivity contribution >= 4 is 21.3 Å². The van der Waals surface area contributed by atoms with Gasteiger partial charge in [-0.2, -0.15) is 0 Å². The molecule has 0 unspecified atom stereocenters. The van der Waals surface area contributed by atoms with E-state index in [1.54, 1.807) is 24.3 Å². The summed E-state index contributed by atoms with van der Waals surface area (Å²) in [6, 6.07) is 6.71. The van der Waals surface area contributed by atoms with Crippen LogP contribution in [0.2, 0.25) is 0 Å². The first-order valence-electron chi connectivity index (χ1n) is 4.29. The van der Waals surface area contributed by atoms with E-state index in [9.17, 15) is 8.42 Å². The Morgan fingerprint density at radius 1 is 1.53 bits per heavy atom. The van der Waals surface area contributed by atoms with Crippen molar-refractivity contribution in [1.29, 1.82) is 0 Å². The number of anilines is 1. The molecule has 0 aliphatic carbocycles. The van der Waals surface area contributed by atoms with Crippen molar-refractivity contribution in [3.8, 4) is 0 Å². The van der Waals surface area contributed by atoms with E-state index in [4.69, 9.17) is 5.11 Å². The summed E-state index contributed by atoms with van der Waals surface area (Å²) < 4.78 is 24.3. The molecule has 82 valence electrons. The molecule has 5 heteroatoms. The standard InChI is InChI=1S/C10H13NO3S/c1-8(7-12)9-4-3-5-10(6-9)11-15(2,13)14/h3-6,11-12H,1,7H2,2H3. The zero-order chi connectivity index (χ0) is 11.5. The van der Waals surface area contributed by atoms with Gasteiger partial charge in [0.2, 0.25) is 10.0 Å². The van der Waals surface area contributed by atoms with Crippen molar-refractivity contribution in [2.45, 2.75) is 0 Å². The second kappa shape index (κ2) is 4.46. The molecule has 0 amide bonds. The van der Waals surface area contributed by atoms with Crippen molar-refractivity contribution in [2.75, 3.05) is 17.6 Å². The number of rotatable bonds is 4. The van der Waals surface area contributed by atoms with E-state index in [-0.39, 0.29) is 6.61 Å². The van der Waals surface area contributed by atoms with E-state index in [0.717, 1.165) is 6.26 Å². The molecule has 0 aliphatic heterocycles. The first kappa shape index (κ1) is 11.7. The fourth-order valence-electron chi connectivity index (χ4n) is 1.11. The second-order valence-corrected chi connectivity index (χ2v) is 4.97. The highest BCUT2D eigenvalue weighted by molar-refractivity contribution is 7.92. The lowest BCUT2D eigenvalue weighted by atomic mass is 10.1. The second-order valence-electron chi connectivity index (χ2n) is 3.22. The monoisotopic (exact) mass is 227 g/mol. The highest BCUT2D eigenvalue weighted by atomic mass is 32.2. The van der Waals surface area contributed by atoms with Gasteiger partial charge in [-0.1, -0.05) is 18.7 Å². The summed E-state index contributed by atoms with van der Waals surface area (Å²) in [5.41, 5.74) is 1.72. The molecule has 0 radical (unpaired) electrons. The van der Waals surface area contributed by atoms with Crippen LogP contribution >= 0.6 is 0 Å². The summed E-state index contributed by atoms with van der Waals surface area (Å²) in [5, 5.41) is 8.87. The largest absolute Gasteiger partial charge is 0.392 e. The molecule has 0 bridgehead atoms. The van der Waals surface area contributed by atoms with Gasteiger partial charge in [0, 0.05) is 5.69 Å². The van der Waals surface area contributed by atoms with Crippen LogP contribution in [0.15, 0.2) is 30.8 Å². The van der Waals surface area contributed by atoms with E-state index in [2.05, 4.69) is 11.3 Å². The molecule has 1 rings (SSSR count). The molecule has 0 saturated carbocycles. The Bertz CT molecular complexity index is 465. The highest BCUT2D eigenvalue weighted by Crippen LogP contribution is 2.17. The SMILES string of the molecule is C=C(CO)c1cccc(NS(C)(=O)=O)c1. The fourth-order valence-corrected chi connectivity index (χ4v) is 1.66. The van der Waals surface area contributed by atoms with Gasteiger partial charge < -0.3 is 5.11 Å². The van der Waals surface area contributed by atoms with Gasteiger partial charge in [0.25, 0.3) is 0 Å². The zero-order valence-corrected chi connectivity index (χ0v) is 9.21. The van der Waals surface area contributed by atoms with Crippen LogP contribution in [-0.2, 0) is 10.0 Å². The van der Waals surface area contributed by atoms with E-state index >= 15 is 0 Å². The Morgan fingerprint density at radius 2 is 2.20 bits per heavy atom. The van der Waals surface area contributed by atoms with Gasteiger partial charge in [0.1, 0.15) is 0 Å². The van der Waals surface area contributed by atoms with E-state index in [1.165, 1.54) is 0 Å². The molecule has 0 atom stereocenters. The first-order chi connectivity index (χ1) is 6.92. The maximum Gasteiger partial charge on any atom is 0.229 e.